The van der Waals surface area contributed by atoms with Crippen molar-refractivity contribution in [1.82, 2.24) is 4.72 Å². The molecule has 0 aromatic heterocycles. The maximum Gasteiger partial charge on any atom is 0.242 e. The first kappa shape index (κ1) is 22.6. The Balaban J connectivity index is 1.62. The predicted octanol–water partition coefficient (Wildman–Crippen LogP) is 4.45. The predicted molar refractivity (Wildman–Crippen MR) is 119 cm³/mol. The van der Waals surface area contributed by atoms with Crippen molar-refractivity contribution in [3.05, 3.63) is 77.8 Å². The molecule has 3 aromatic carbocycles. The van der Waals surface area contributed by atoms with E-state index in [0.717, 1.165) is 0 Å². The van der Waals surface area contributed by atoms with Crippen LogP contribution >= 0.6 is 11.6 Å². The molecular formula is C22H21ClN2O5S. The molecule has 0 heterocycles. The quantitative estimate of drug-likeness (QED) is 0.518. The number of anilines is 1. The Bertz CT molecular complexity index is 1170. The van der Waals surface area contributed by atoms with Gasteiger partial charge in [0, 0.05) is 10.7 Å². The summed E-state index contributed by atoms with van der Waals surface area (Å²) in [5, 5.41) is 2.96. The molecule has 2 N–H and O–H groups in total. The van der Waals surface area contributed by atoms with Crippen LogP contribution in [0.3, 0.4) is 0 Å². The van der Waals surface area contributed by atoms with Crippen molar-refractivity contribution in [2.75, 3.05) is 12.4 Å². The van der Waals surface area contributed by atoms with E-state index in [9.17, 15) is 13.2 Å². The lowest BCUT2D eigenvalue weighted by molar-refractivity contribution is -0.117. The fourth-order valence-electron chi connectivity index (χ4n) is 2.68. The van der Waals surface area contributed by atoms with Gasteiger partial charge in [-0.25, -0.2) is 8.42 Å². The lowest BCUT2D eigenvalue weighted by Crippen LogP contribution is -2.41. The van der Waals surface area contributed by atoms with Crippen LogP contribution in [-0.2, 0) is 14.8 Å². The molecule has 0 bridgehead atoms. The summed E-state index contributed by atoms with van der Waals surface area (Å²) in [6, 6.07) is 18.7. The summed E-state index contributed by atoms with van der Waals surface area (Å²) in [6.07, 6.45) is 0. The summed E-state index contributed by atoms with van der Waals surface area (Å²) in [7, 11) is -2.34. The largest absolute Gasteiger partial charge is 0.493 e. The van der Waals surface area contributed by atoms with Crippen LogP contribution in [0.2, 0.25) is 5.02 Å². The molecule has 0 saturated carbocycles. The van der Waals surface area contributed by atoms with Crippen molar-refractivity contribution >= 4 is 33.2 Å². The zero-order chi connectivity index (χ0) is 22.4. The topological polar surface area (TPSA) is 93.7 Å². The van der Waals surface area contributed by atoms with Crippen molar-refractivity contribution in [3.63, 3.8) is 0 Å². The summed E-state index contributed by atoms with van der Waals surface area (Å²) in [5.74, 6) is 1.20. The number of sulfonamides is 1. The molecule has 9 heteroatoms. The van der Waals surface area contributed by atoms with Crippen LogP contribution in [0.1, 0.15) is 6.92 Å². The van der Waals surface area contributed by atoms with Gasteiger partial charge < -0.3 is 14.8 Å². The molecule has 0 aliphatic heterocycles. The third kappa shape index (κ3) is 5.97. The molecule has 0 fully saturated rings. The molecule has 0 aliphatic rings. The van der Waals surface area contributed by atoms with Crippen molar-refractivity contribution in [1.29, 1.82) is 0 Å². The van der Waals surface area contributed by atoms with E-state index in [-0.39, 0.29) is 9.92 Å². The number of carbonyl (C=O) groups is 1. The molecule has 0 aliphatic carbocycles. The molecule has 0 saturated heterocycles. The number of rotatable bonds is 8. The second-order valence-corrected chi connectivity index (χ2v) is 8.72. The molecule has 3 rings (SSSR count). The first-order valence-electron chi connectivity index (χ1n) is 9.28. The van der Waals surface area contributed by atoms with Gasteiger partial charge in [0.2, 0.25) is 15.9 Å². The third-order valence-electron chi connectivity index (χ3n) is 4.25. The summed E-state index contributed by atoms with van der Waals surface area (Å²) < 4.78 is 38.3. The van der Waals surface area contributed by atoms with Gasteiger partial charge in [0.25, 0.3) is 0 Å². The van der Waals surface area contributed by atoms with Crippen LogP contribution in [0.25, 0.3) is 0 Å². The van der Waals surface area contributed by atoms with E-state index in [1.807, 2.05) is 12.1 Å². The Kier molecular flexibility index (Phi) is 7.17. The minimum Gasteiger partial charge on any atom is -0.493 e. The van der Waals surface area contributed by atoms with Crippen LogP contribution < -0.4 is 19.5 Å². The maximum absolute atomic E-state index is 12.4. The fourth-order valence-corrected chi connectivity index (χ4v) is 4.18. The number of nitrogens with one attached hydrogen (secondary N) is 2. The summed E-state index contributed by atoms with van der Waals surface area (Å²) in [4.78, 5) is 12.4. The molecule has 1 unspecified atom stereocenters. The van der Waals surface area contributed by atoms with Crippen molar-refractivity contribution < 1.29 is 22.7 Å². The highest BCUT2D eigenvalue weighted by Crippen LogP contribution is 2.31. The number of halogens is 1. The standard InChI is InChI=1S/C22H21ClN2O5S/c1-15(25-31(27,28)19-7-5-6-16(23)14-19)22(26)24-17-10-12-18(13-11-17)30-21-9-4-3-8-20(21)29-2/h3-15,25H,1-2H3,(H,24,26). The van der Waals surface area contributed by atoms with E-state index >= 15 is 0 Å². The van der Waals surface area contributed by atoms with E-state index in [2.05, 4.69) is 10.0 Å². The van der Waals surface area contributed by atoms with Crippen LogP contribution in [0.5, 0.6) is 17.2 Å². The molecule has 0 spiro atoms. The highest BCUT2D eigenvalue weighted by atomic mass is 35.5. The summed E-state index contributed by atoms with van der Waals surface area (Å²) in [6.45, 7) is 1.45. The van der Waals surface area contributed by atoms with Gasteiger partial charge in [-0.1, -0.05) is 29.8 Å². The molecule has 3 aromatic rings. The van der Waals surface area contributed by atoms with Gasteiger partial charge in [0.1, 0.15) is 5.75 Å². The summed E-state index contributed by atoms with van der Waals surface area (Å²) in [5.41, 5.74) is 0.492. The zero-order valence-corrected chi connectivity index (χ0v) is 18.4. The third-order valence-corrected chi connectivity index (χ3v) is 6.02. The van der Waals surface area contributed by atoms with Crippen LogP contribution in [0.15, 0.2) is 77.7 Å². The molecule has 1 atom stereocenters. The minimum atomic E-state index is -3.89. The maximum atomic E-state index is 12.4. The van der Waals surface area contributed by atoms with Gasteiger partial charge in [0.05, 0.1) is 18.0 Å². The zero-order valence-electron chi connectivity index (χ0n) is 16.8. The second kappa shape index (κ2) is 9.82. The number of ether oxygens (including phenoxy) is 2. The lowest BCUT2D eigenvalue weighted by Gasteiger charge is -2.15. The van der Waals surface area contributed by atoms with E-state index in [1.54, 1.807) is 49.6 Å². The molecule has 0 radical (unpaired) electrons. The number of para-hydroxylation sites is 2. The Hall–Kier alpha value is -3.07. The van der Waals surface area contributed by atoms with Crippen LogP contribution in [0, 0.1) is 0 Å². The van der Waals surface area contributed by atoms with Gasteiger partial charge in [0.15, 0.2) is 11.5 Å². The van der Waals surface area contributed by atoms with E-state index in [1.165, 1.54) is 25.1 Å². The van der Waals surface area contributed by atoms with Crippen LogP contribution in [0.4, 0.5) is 5.69 Å². The number of carbonyl (C=O) groups excluding carboxylic acids is 1. The normalized spacial score (nSPS) is 12.1. The van der Waals surface area contributed by atoms with Crippen molar-refractivity contribution in [3.8, 4) is 17.2 Å². The lowest BCUT2D eigenvalue weighted by atomic mass is 10.2. The average Bonchev–Trinajstić information content (AvgIpc) is 2.75. The first-order chi connectivity index (χ1) is 14.8. The van der Waals surface area contributed by atoms with Gasteiger partial charge in [-0.3, -0.25) is 4.79 Å². The number of hydrogen-bond donors (Lipinski definition) is 2. The molecule has 7 nitrogen and oxygen atoms in total. The summed E-state index contributed by atoms with van der Waals surface area (Å²) >= 11 is 5.85. The fraction of sp³-hybridized carbons (Fsp3) is 0.136. The highest BCUT2D eigenvalue weighted by molar-refractivity contribution is 7.89. The number of benzene rings is 3. The van der Waals surface area contributed by atoms with E-state index < -0.39 is 22.0 Å². The van der Waals surface area contributed by atoms with Gasteiger partial charge in [-0.2, -0.15) is 4.72 Å². The Morgan fingerprint density at radius 2 is 1.65 bits per heavy atom. The monoisotopic (exact) mass is 460 g/mol. The van der Waals surface area contributed by atoms with Gasteiger partial charge >= 0.3 is 0 Å². The Labute approximate surface area is 186 Å². The Morgan fingerprint density at radius 3 is 2.29 bits per heavy atom. The SMILES string of the molecule is COc1ccccc1Oc1ccc(NC(=O)C(C)NS(=O)(=O)c2cccc(Cl)c2)cc1. The highest BCUT2D eigenvalue weighted by Gasteiger charge is 2.22. The van der Waals surface area contributed by atoms with E-state index in [4.69, 9.17) is 21.1 Å². The number of amides is 1. The van der Waals surface area contributed by atoms with Crippen LogP contribution in [-0.4, -0.2) is 27.5 Å². The molecule has 1 amide bonds. The minimum absolute atomic E-state index is 0.0162. The molecule has 162 valence electrons. The van der Waals surface area contributed by atoms with Gasteiger partial charge in [-0.05, 0) is 61.5 Å². The number of methoxy groups -OCH3 is 1. The smallest absolute Gasteiger partial charge is 0.242 e. The second-order valence-electron chi connectivity index (χ2n) is 6.57. The first-order valence-corrected chi connectivity index (χ1v) is 11.1. The van der Waals surface area contributed by atoms with Crippen molar-refractivity contribution in [2.45, 2.75) is 17.9 Å². The average molecular weight is 461 g/mol. The molecule has 31 heavy (non-hydrogen) atoms. The molecular weight excluding hydrogens is 440 g/mol. The Morgan fingerprint density at radius 1 is 0.968 bits per heavy atom. The number of hydrogen-bond acceptors (Lipinski definition) is 5. The van der Waals surface area contributed by atoms with Crippen molar-refractivity contribution in [2.24, 2.45) is 0 Å². The van der Waals surface area contributed by atoms with E-state index in [0.29, 0.717) is 22.9 Å². The van der Waals surface area contributed by atoms with Gasteiger partial charge in [-0.15, -0.1) is 0 Å².